The van der Waals surface area contributed by atoms with Crippen LogP contribution in [0.4, 0.5) is 5.82 Å². The van der Waals surface area contributed by atoms with Crippen molar-refractivity contribution in [1.82, 2.24) is 9.78 Å². The van der Waals surface area contributed by atoms with E-state index in [1.54, 1.807) is 0 Å². The third-order valence-electron chi connectivity index (χ3n) is 3.48. The smallest absolute Gasteiger partial charge is 0.156 e. The molecule has 5 heteroatoms. The average Bonchev–Trinajstić information content (AvgIpc) is 2.83. The number of rotatable bonds is 4. The van der Waals surface area contributed by atoms with Crippen LogP contribution in [0.25, 0.3) is 22.0 Å². The summed E-state index contributed by atoms with van der Waals surface area (Å²) in [4.78, 5) is 11.3. The first-order valence-electron chi connectivity index (χ1n) is 6.66. The predicted octanol–water partition coefficient (Wildman–Crippen LogP) is 2.09. The molecule has 21 heavy (non-hydrogen) atoms. The van der Waals surface area contributed by atoms with E-state index in [1.165, 1.54) is 4.68 Å². The van der Waals surface area contributed by atoms with Gasteiger partial charge in [-0.1, -0.05) is 36.4 Å². The van der Waals surface area contributed by atoms with Crippen molar-refractivity contribution >= 4 is 22.9 Å². The Kier molecular flexibility index (Phi) is 3.41. The van der Waals surface area contributed by atoms with E-state index in [0.717, 1.165) is 16.3 Å². The Hall–Kier alpha value is -2.66. The van der Waals surface area contributed by atoms with Crippen molar-refractivity contribution in [2.75, 3.05) is 12.3 Å². The molecule has 0 bridgehead atoms. The van der Waals surface area contributed by atoms with Gasteiger partial charge in [-0.05, 0) is 16.8 Å². The molecule has 3 rings (SSSR count). The molecular formula is C16H15N3O2. The fraction of sp³-hybridized carbons (Fsp3) is 0.125. The van der Waals surface area contributed by atoms with E-state index in [0.29, 0.717) is 17.5 Å². The number of hydrogen-bond acceptors (Lipinski definition) is 4. The molecule has 0 saturated carbocycles. The Balaban J connectivity index is 2.17. The molecule has 3 aromatic rings. The van der Waals surface area contributed by atoms with E-state index in [1.807, 2.05) is 42.5 Å². The number of nitrogens with zero attached hydrogens (tertiary/aromatic N) is 2. The van der Waals surface area contributed by atoms with Gasteiger partial charge in [0.25, 0.3) is 0 Å². The van der Waals surface area contributed by atoms with Gasteiger partial charge in [-0.3, -0.25) is 4.79 Å². The molecule has 0 fully saturated rings. The molecule has 0 aliphatic heterocycles. The van der Waals surface area contributed by atoms with Gasteiger partial charge in [0.2, 0.25) is 0 Å². The number of aliphatic hydroxyl groups is 1. The van der Waals surface area contributed by atoms with Crippen LogP contribution in [0.3, 0.4) is 0 Å². The molecule has 2 aromatic carbocycles. The molecule has 0 aliphatic rings. The Morgan fingerprint density at radius 1 is 1.19 bits per heavy atom. The van der Waals surface area contributed by atoms with Crippen molar-refractivity contribution in [2.24, 2.45) is 0 Å². The van der Waals surface area contributed by atoms with E-state index in [9.17, 15) is 4.79 Å². The first kappa shape index (κ1) is 13.3. The lowest BCUT2D eigenvalue weighted by Gasteiger charge is -2.02. The lowest BCUT2D eigenvalue weighted by atomic mass is 10.0. The Labute approximate surface area is 121 Å². The summed E-state index contributed by atoms with van der Waals surface area (Å²) in [5.74, 6) is 0.280. The highest BCUT2D eigenvalue weighted by Crippen LogP contribution is 2.28. The average molecular weight is 281 g/mol. The molecule has 0 atom stereocenters. The highest BCUT2D eigenvalue weighted by Gasteiger charge is 2.16. The van der Waals surface area contributed by atoms with Gasteiger partial charge < -0.3 is 10.8 Å². The van der Waals surface area contributed by atoms with E-state index in [2.05, 4.69) is 5.10 Å². The quantitative estimate of drug-likeness (QED) is 0.717. The molecule has 1 aromatic heterocycles. The van der Waals surface area contributed by atoms with Crippen LogP contribution >= 0.6 is 0 Å². The second-order valence-corrected chi connectivity index (χ2v) is 4.77. The minimum atomic E-state index is -0.0820. The Morgan fingerprint density at radius 3 is 2.67 bits per heavy atom. The lowest BCUT2D eigenvalue weighted by Crippen LogP contribution is -2.08. The van der Waals surface area contributed by atoms with Crippen LogP contribution in [0, 0.1) is 0 Å². The van der Waals surface area contributed by atoms with Gasteiger partial charge in [-0.2, -0.15) is 5.10 Å². The van der Waals surface area contributed by atoms with Gasteiger partial charge in [0.05, 0.1) is 18.7 Å². The number of nitrogens with two attached hydrogens (primary N) is 1. The number of aldehydes is 1. The van der Waals surface area contributed by atoms with Gasteiger partial charge in [0, 0.05) is 5.56 Å². The second-order valence-electron chi connectivity index (χ2n) is 4.77. The number of aliphatic hydroxyl groups excluding tert-OH is 1. The Morgan fingerprint density at radius 2 is 1.95 bits per heavy atom. The molecule has 0 spiro atoms. The molecule has 0 unspecified atom stereocenters. The van der Waals surface area contributed by atoms with Crippen LogP contribution in [0.1, 0.15) is 10.4 Å². The second kappa shape index (κ2) is 5.38. The predicted molar refractivity (Wildman–Crippen MR) is 82.1 cm³/mol. The maximum Gasteiger partial charge on any atom is 0.156 e. The first-order chi connectivity index (χ1) is 10.2. The van der Waals surface area contributed by atoms with Gasteiger partial charge in [0.15, 0.2) is 6.29 Å². The third-order valence-corrected chi connectivity index (χ3v) is 3.48. The Bertz CT molecular complexity index is 808. The summed E-state index contributed by atoms with van der Waals surface area (Å²) in [7, 11) is 0. The summed E-state index contributed by atoms with van der Waals surface area (Å²) in [5.41, 5.74) is 7.64. The largest absolute Gasteiger partial charge is 0.394 e. The summed E-state index contributed by atoms with van der Waals surface area (Å²) >= 11 is 0. The summed E-state index contributed by atoms with van der Waals surface area (Å²) < 4.78 is 1.45. The van der Waals surface area contributed by atoms with Crippen LogP contribution in [-0.2, 0) is 6.54 Å². The summed E-state index contributed by atoms with van der Waals surface area (Å²) in [6.07, 6.45) is 0.709. The van der Waals surface area contributed by atoms with Crippen molar-refractivity contribution in [3.05, 3.63) is 48.0 Å². The summed E-state index contributed by atoms with van der Waals surface area (Å²) in [6, 6.07) is 13.9. The molecule has 0 saturated heterocycles. The van der Waals surface area contributed by atoms with Crippen molar-refractivity contribution in [3.63, 3.8) is 0 Å². The van der Waals surface area contributed by atoms with Crippen molar-refractivity contribution in [1.29, 1.82) is 0 Å². The van der Waals surface area contributed by atoms with Crippen LogP contribution in [0.15, 0.2) is 42.5 Å². The number of nitrogen functional groups attached to an aromatic ring is 1. The van der Waals surface area contributed by atoms with Gasteiger partial charge in [0.1, 0.15) is 11.5 Å². The molecular weight excluding hydrogens is 266 g/mol. The van der Waals surface area contributed by atoms with Gasteiger partial charge in [-0.15, -0.1) is 0 Å². The van der Waals surface area contributed by atoms with Crippen molar-refractivity contribution in [2.45, 2.75) is 6.54 Å². The summed E-state index contributed by atoms with van der Waals surface area (Å²) in [5, 5.41) is 15.6. The van der Waals surface area contributed by atoms with Gasteiger partial charge >= 0.3 is 0 Å². The zero-order valence-corrected chi connectivity index (χ0v) is 11.4. The number of carbonyl (C=O) groups is 1. The monoisotopic (exact) mass is 281 g/mol. The number of anilines is 1. The molecule has 0 radical (unpaired) electrons. The SMILES string of the molecule is Nc1c(C=O)c(-c2ccc3ccccc3c2)nn1CCO. The molecule has 5 nitrogen and oxygen atoms in total. The zero-order chi connectivity index (χ0) is 14.8. The molecule has 106 valence electrons. The topological polar surface area (TPSA) is 81.1 Å². The first-order valence-corrected chi connectivity index (χ1v) is 6.66. The fourth-order valence-electron chi connectivity index (χ4n) is 2.42. The highest BCUT2D eigenvalue weighted by atomic mass is 16.3. The standard InChI is InChI=1S/C16H15N3O2/c17-16-14(10-21)15(18-19(16)7-8-20)13-6-5-11-3-1-2-4-12(11)9-13/h1-6,9-10,20H,7-8,17H2. The minimum absolute atomic E-state index is 0.0820. The summed E-state index contributed by atoms with van der Waals surface area (Å²) in [6.45, 7) is 0.182. The van der Waals surface area contributed by atoms with Crippen LogP contribution < -0.4 is 5.73 Å². The zero-order valence-electron chi connectivity index (χ0n) is 11.4. The van der Waals surface area contributed by atoms with Crippen LogP contribution in [0.2, 0.25) is 0 Å². The number of carbonyl (C=O) groups excluding carboxylic acids is 1. The van der Waals surface area contributed by atoms with E-state index in [-0.39, 0.29) is 19.0 Å². The molecule has 1 heterocycles. The van der Waals surface area contributed by atoms with E-state index >= 15 is 0 Å². The third kappa shape index (κ3) is 2.28. The molecule has 3 N–H and O–H groups in total. The van der Waals surface area contributed by atoms with Crippen molar-refractivity contribution in [3.8, 4) is 11.3 Å². The van der Waals surface area contributed by atoms with Crippen molar-refractivity contribution < 1.29 is 9.90 Å². The number of fused-ring (bicyclic) bond motifs is 1. The number of hydrogen-bond donors (Lipinski definition) is 2. The highest BCUT2D eigenvalue weighted by molar-refractivity contribution is 5.94. The maximum absolute atomic E-state index is 11.3. The van der Waals surface area contributed by atoms with E-state index < -0.39 is 0 Å². The number of benzene rings is 2. The van der Waals surface area contributed by atoms with Gasteiger partial charge in [-0.25, -0.2) is 4.68 Å². The van der Waals surface area contributed by atoms with Crippen LogP contribution in [0.5, 0.6) is 0 Å². The molecule has 0 aliphatic carbocycles. The fourth-order valence-corrected chi connectivity index (χ4v) is 2.42. The van der Waals surface area contributed by atoms with E-state index in [4.69, 9.17) is 10.8 Å². The molecule has 0 amide bonds. The number of aromatic nitrogens is 2. The van der Waals surface area contributed by atoms with Crippen LogP contribution in [-0.4, -0.2) is 27.8 Å². The minimum Gasteiger partial charge on any atom is -0.394 e. The lowest BCUT2D eigenvalue weighted by molar-refractivity contribution is 0.112. The normalized spacial score (nSPS) is 10.9. The maximum atomic E-state index is 11.3.